The summed E-state index contributed by atoms with van der Waals surface area (Å²) in [6, 6.07) is 10.4. The summed E-state index contributed by atoms with van der Waals surface area (Å²) in [5.41, 5.74) is 1.25. The first-order chi connectivity index (χ1) is 9.22. The first kappa shape index (κ1) is 15.5. The fourth-order valence-corrected chi connectivity index (χ4v) is 2.01. The molecule has 0 bridgehead atoms. The molecule has 106 valence electrons. The van der Waals surface area contributed by atoms with E-state index < -0.39 is 0 Å². The van der Waals surface area contributed by atoms with Gasteiger partial charge >= 0.3 is 6.03 Å². The molecule has 0 spiro atoms. The fourth-order valence-electron chi connectivity index (χ4n) is 2.01. The van der Waals surface area contributed by atoms with Gasteiger partial charge in [-0.2, -0.15) is 0 Å². The van der Waals surface area contributed by atoms with Gasteiger partial charge in [-0.3, -0.25) is 0 Å². The molecule has 0 saturated heterocycles. The maximum Gasteiger partial charge on any atom is 0.315 e. The zero-order valence-corrected chi connectivity index (χ0v) is 12.1. The van der Waals surface area contributed by atoms with Gasteiger partial charge in [0.25, 0.3) is 0 Å². The van der Waals surface area contributed by atoms with E-state index in [1.807, 2.05) is 18.2 Å². The van der Waals surface area contributed by atoms with Gasteiger partial charge in [-0.15, -0.1) is 0 Å². The molecule has 2 N–H and O–H groups in total. The van der Waals surface area contributed by atoms with E-state index in [0.717, 1.165) is 12.8 Å². The number of nitrogens with one attached hydrogen (secondary N) is 2. The third-order valence-corrected chi connectivity index (χ3v) is 3.16. The van der Waals surface area contributed by atoms with Crippen LogP contribution in [0.3, 0.4) is 0 Å². The van der Waals surface area contributed by atoms with Gasteiger partial charge in [0.05, 0.1) is 0 Å². The molecule has 0 fully saturated rings. The molecule has 3 heteroatoms. The predicted molar refractivity (Wildman–Crippen MR) is 80.3 cm³/mol. The van der Waals surface area contributed by atoms with Gasteiger partial charge < -0.3 is 10.6 Å². The number of urea groups is 1. The molecule has 1 aromatic carbocycles. The van der Waals surface area contributed by atoms with E-state index in [9.17, 15) is 4.79 Å². The second kappa shape index (κ2) is 9.42. The Hall–Kier alpha value is -1.51. The number of hydrogen-bond donors (Lipinski definition) is 2. The van der Waals surface area contributed by atoms with E-state index in [1.165, 1.54) is 24.8 Å². The lowest BCUT2D eigenvalue weighted by atomic mass is 10.1. The summed E-state index contributed by atoms with van der Waals surface area (Å²) in [7, 11) is 0. The summed E-state index contributed by atoms with van der Waals surface area (Å²) >= 11 is 0. The molecule has 0 aliphatic heterocycles. The van der Waals surface area contributed by atoms with Crippen LogP contribution in [0.25, 0.3) is 0 Å². The Kier molecular flexibility index (Phi) is 7.71. The summed E-state index contributed by atoms with van der Waals surface area (Å²) < 4.78 is 0. The molecule has 0 heterocycles. The van der Waals surface area contributed by atoms with Crippen LogP contribution in [0.4, 0.5) is 4.79 Å². The van der Waals surface area contributed by atoms with Crippen LogP contribution < -0.4 is 10.6 Å². The quantitative estimate of drug-likeness (QED) is 0.692. The van der Waals surface area contributed by atoms with E-state index in [1.54, 1.807) is 0 Å². The van der Waals surface area contributed by atoms with Gasteiger partial charge in [0.1, 0.15) is 0 Å². The summed E-state index contributed by atoms with van der Waals surface area (Å²) in [6.07, 6.45) is 5.57. The standard InChI is InChI=1S/C16H26N2O/c1-3-4-6-9-14(2)18-16(19)17-13-12-15-10-7-5-8-11-15/h5,7-8,10-11,14H,3-4,6,9,12-13H2,1-2H3,(H2,17,18,19)/t14-/m0/s1. The molecular formula is C16H26N2O. The molecular weight excluding hydrogens is 236 g/mol. The minimum atomic E-state index is -0.0556. The Balaban J connectivity index is 2.10. The minimum Gasteiger partial charge on any atom is -0.338 e. The largest absolute Gasteiger partial charge is 0.338 e. The second-order valence-electron chi connectivity index (χ2n) is 5.03. The highest BCUT2D eigenvalue weighted by Gasteiger charge is 2.05. The van der Waals surface area contributed by atoms with Crippen LogP contribution >= 0.6 is 0 Å². The summed E-state index contributed by atoms with van der Waals surface area (Å²) in [4.78, 5) is 11.7. The van der Waals surface area contributed by atoms with Crippen molar-refractivity contribution >= 4 is 6.03 Å². The van der Waals surface area contributed by atoms with E-state index in [2.05, 4.69) is 36.6 Å². The number of rotatable bonds is 8. The molecule has 0 aromatic heterocycles. The van der Waals surface area contributed by atoms with Gasteiger partial charge in [-0.05, 0) is 25.3 Å². The Morgan fingerprint density at radius 3 is 2.63 bits per heavy atom. The van der Waals surface area contributed by atoms with Crippen molar-refractivity contribution < 1.29 is 4.79 Å². The average molecular weight is 262 g/mol. The molecule has 0 aliphatic carbocycles. The zero-order chi connectivity index (χ0) is 13.9. The Morgan fingerprint density at radius 1 is 1.21 bits per heavy atom. The fraction of sp³-hybridized carbons (Fsp3) is 0.562. The molecule has 3 nitrogen and oxygen atoms in total. The normalized spacial score (nSPS) is 11.9. The van der Waals surface area contributed by atoms with Gasteiger partial charge in [0.2, 0.25) is 0 Å². The number of benzene rings is 1. The molecule has 0 saturated carbocycles. The van der Waals surface area contributed by atoms with Crippen molar-refractivity contribution in [2.45, 2.75) is 52.0 Å². The van der Waals surface area contributed by atoms with Crippen molar-refractivity contribution in [3.05, 3.63) is 35.9 Å². The SMILES string of the molecule is CCCCC[C@H](C)NC(=O)NCCc1ccccc1. The van der Waals surface area contributed by atoms with Crippen LogP contribution in [0, 0.1) is 0 Å². The third-order valence-electron chi connectivity index (χ3n) is 3.16. The van der Waals surface area contributed by atoms with Crippen molar-refractivity contribution in [2.75, 3.05) is 6.54 Å². The highest BCUT2D eigenvalue weighted by atomic mass is 16.2. The van der Waals surface area contributed by atoms with Crippen LogP contribution in [0.5, 0.6) is 0 Å². The lowest BCUT2D eigenvalue weighted by molar-refractivity contribution is 0.237. The first-order valence-corrected chi connectivity index (χ1v) is 7.30. The molecule has 0 aliphatic rings. The summed E-state index contributed by atoms with van der Waals surface area (Å²) in [5, 5.41) is 5.88. The topological polar surface area (TPSA) is 41.1 Å². The zero-order valence-electron chi connectivity index (χ0n) is 12.1. The van der Waals surface area contributed by atoms with Crippen molar-refractivity contribution in [2.24, 2.45) is 0 Å². The highest BCUT2D eigenvalue weighted by Crippen LogP contribution is 2.02. The van der Waals surface area contributed by atoms with E-state index >= 15 is 0 Å². The van der Waals surface area contributed by atoms with Crippen molar-refractivity contribution in [3.8, 4) is 0 Å². The van der Waals surface area contributed by atoms with Crippen molar-refractivity contribution in [1.29, 1.82) is 0 Å². The molecule has 1 aromatic rings. The van der Waals surface area contributed by atoms with Gasteiger partial charge in [0.15, 0.2) is 0 Å². The second-order valence-corrected chi connectivity index (χ2v) is 5.03. The predicted octanol–water partition coefficient (Wildman–Crippen LogP) is 3.50. The minimum absolute atomic E-state index is 0.0556. The van der Waals surface area contributed by atoms with E-state index in [0.29, 0.717) is 6.54 Å². The summed E-state index contributed by atoms with van der Waals surface area (Å²) in [6.45, 7) is 4.93. The Bertz CT molecular complexity index is 351. The van der Waals surface area contributed by atoms with Crippen molar-refractivity contribution in [3.63, 3.8) is 0 Å². The maximum absolute atomic E-state index is 11.7. The molecule has 1 atom stereocenters. The lowest BCUT2D eigenvalue weighted by Gasteiger charge is -2.14. The van der Waals surface area contributed by atoms with Crippen LogP contribution in [-0.4, -0.2) is 18.6 Å². The van der Waals surface area contributed by atoms with Crippen molar-refractivity contribution in [1.82, 2.24) is 10.6 Å². The van der Waals surface area contributed by atoms with Gasteiger partial charge in [0, 0.05) is 12.6 Å². The third kappa shape index (κ3) is 7.50. The number of carbonyl (C=O) groups excluding carboxylic acids is 1. The molecule has 19 heavy (non-hydrogen) atoms. The number of unbranched alkanes of at least 4 members (excludes halogenated alkanes) is 2. The Labute approximate surface area is 116 Å². The molecule has 0 unspecified atom stereocenters. The van der Waals surface area contributed by atoms with Crippen LogP contribution in [-0.2, 0) is 6.42 Å². The number of amides is 2. The van der Waals surface area contributed by atoms with Gasteiger partial charge in [-0.1, -0.05) is 56.5 Å². The molecule has 0 radical (unpaired) electrons. The maximum atomic E-state index is 11.7. The average Bonchev–Trinajstić information content (AvgIpc) is 2.40. The Morgan fingerprint density at radius 2 is 1.95 bits per heavy atom. The van der Waals surface area contributed by atoms with Crippen LogP contribution in [0.1, 0.15) is 45.1 Å². The molecule has 1 rings (SSSR count). The number of carbonyl (C=O) groups is 1. The summed E-state index contributed by atoms with van der Waals surface area (Å²) in [5.74, 6) is 0. The highest BCUT2D eigenvalue weighted by molar-refractivity contribution is 5.74. The van der Waals surface area contributed by atoms with Crippen LogP contribution in [0.15, 0.2) is 30.3 Å². The number of hydrogen-bond acceptors (Lipinski definition) is 1. The first-order valence-electron chi connectivity index (χ1n) is 7.30. The van der Waals surface area contributed by atoms with Crippen LogP contribution in [0.2, 0.25) is 0 Å². The van der Waals surface area contributed by atoms with E-state index in [4.69, 9.17) is 0 Å². The van der Waals surface area contributed by atoms with E-state index in [-0.39, 0.29) is 12.1 Å². The van der Waals surface area contributed by atoms with Gasteiger partial charge in [-0.25, -0.2) is 4.79 Å². The molecule has 2 amide bonds. The monoisotopic (exact) mass is 262 g/mol. The smallest absolute Gasteiger partial charge is 0.315 e. The lowest BCUT2D eigenvalue weighted by Crippen LogP contribution is -2.41.